The monoisotopic (exact) mass is 209 g/mol. The minimum atomic E-state index is -0.0142. The Bertz CT molecular complexity index is 328. The quantitative estimate of drug-likeness (QED) is 0.759. The first-order valence-corrected chi connectivity index (χ1v) is 5.62. The van der Waals surface area contributed by atoms with Crippen LogP contribution in [-0.2, 0) is 4.79 Å². The predicted octanol–water partition coefficient (Wildman–Crippen LogP) is 2.60. The Kier molecular flexibility index (Phi) is 4.40. The van der Waals surface area contributed by atoms with Gasteiger partial charge in [-0.1, -0.05) is 6.92 Å². The minimum absolute atomic E-state index is 0.0142. The van der Waals surface area contributed by atoms with Gasteiger partial charge in [-0.05, 0) is 36.4 Å². The van der Waals surface area contributed by atoms with Crippen LogP contribution in [0.3, 0.4) is 0 Å². The highest BCUT2D eigenvalue weighted by Gasteiger charge is 1.96. The molecule has 0 saturated carbocycles. The van der Waals surface area contributed by atoms with Crippen LogP contribution in [0.2, 0.25) is 0 Å². The normalized spacial score (nSPS) is 10.7. The maximum absolute atomic E-state index is 11.2. The van der Waals surface area contributed by atoms with Gasteiger partial charge in [0.05, 0.1) is 0 Å². The molecule has 0 unspecified atom stereocenters. The zero-order chi connectivity index (χ0) is 10.4. The van der Waals surface area contributed by atoms with Crippen LogP contribution >= 0.6 is 11.3 Å². The van der Waals surface area contributed by atoms with Crippen LogP contribution in [0.4, 0.5) is 0 Å². The second kappa shape index (κ2) is 5.60. The molecule has 0 spiro atoms. The Morgan fingerprint density at radius 1 is 1.64 bits per heavy atom. The smallest absolute Gasteiger partial charge is 0.244 e. The van der Waals surface area contributed by atoms with E-state index in [-0.39, 0.29) is 5.91 Å². The number of carbonyl (C=O) groups is 1. The molecule has 1 heterocycles. The van der Waals surface area contributed by atoms with Crippen molar-refractivity contribution in [1.29, 1.82) is 0 Å². The Morgan fingerprint density at radius 3 is 3.00 bits per heavy atom. The van der Waals surface area contributed by atoms with Crippen molar-refractivity contribution in [3.63, 3.8) is 0 Å². The summed E-state index contributed by atoms with van der Waals surface area (Å²) in [6.45, 7) is 4.82. The van der Waals surface area contributed by atoms with Crippen molar-refractivity contribution in [2.45, 2.75) is 20.3 Å². The molecule has 0 bridgehead atoms. The van der Waals surface area contributed by atoms with Gasteiger partial charge in [-0.2, -0.15) is 0 Å². The van der Waals surface area contributed by atoms with Gasteiger partial charge in [0.1, 0.15) is 0 Å². The molecule has 1 aromatic heterocycles. The topological polar surface area (TPSA) is 29.1 Å². The van der Waals surface area contributed by atoms with Crippen LogP contribution in [0.1, 0.15) is 23.8 Å². The first kappa shape index (κ1) is 11.0. The highest BCUT2D eigenvalue weighted by Crippen LogP contribution is 2.16. The number of rotatable bonds is 4. The molecule has 0 aliphatic rings. The lowest BCUT2D eigenvalue weighted by Gasteiger charge is -1.96. The Hall–Kier alpha value is -1.09. The molecule has 1 rings (SSSR count). The minimum Gasteiger partial charge on any atom is -0.353 e. The van der Waals surface area contributed by atoms with Gasteiger partial charge >= 0.3 is 0 Å². The second-order valence-corrected chi connectivity index (χ2v) is 4.04. The first-order valence-electron chi connectivity index (χ1n) is 4.74. The maximum atomic E-state index is 11.2. The lowest BCUT2D eigenvalue weighted by atomic mass is 10.3. The molecular weight excluding hydrogens is 194 g/mol. The fraction of sp³-hybridized carbons (Fsp3) is 0.364. The Morgan fingerprint density at radius 2 is 2.43 bits per heavy atom. The summed E-state index contributed by atoms with van der Waals surface area (Å²) in [6.07, 6.45) is 4.43. The number of aryl methyl sites for hydroxylation is 1. The first-order chi connectivity index (χ1) is 6.74. The molecule has 0 radical (unpaired) electrons. The third kappa shape index (κ3) is 3.34. The molecule has 0 aliphatic heterocycles. The van der Waals surface area contributed by atoms with Crippen molar-refractivity contribution in [2.75, 3.05) is 6.54 Å². The number of nitrogens with one attached hydrogen (secondary N) is 1. The maximum Gasteiger partial charge on any atom is 0.244 e. The average molecular weight is 209 g/mol. The number of hydrogen-bond donors (Lipinski definition) is 1. The van der Waals surface area contributed by atoms with Crippen molar-refractivity contribution in [3.05, 3.63) is 28.0 Å². The Balaban J connectivity index is 2.48. The second-order valence-electron chi connectivity index (χ2n) is 3.09. The molecule has 2 nitrogen and oxygen atoms in total. The lowest BCUT2D eigenvalue weighted by Crippen LogP contribution is -2.21. The van der Waals surface area contributed by atoms with Crippen molar-refractivity contribution in [3.8, 4) is 0 Å². The summed E-state index contributed by atoms with van der Waals surface area (Å²) >= 11 is 1.65. The van der Waals surface area contributed by atoms with Gasteiger partial charge in [0.2, 0.25) is 5.91 Å². The van der Waals surface area contributed by atoms with Gasteiger partial charge in [0, 0.05) is 17.5 Å². The molecule has 14 heavy (non-hydrogen) atoms. The van der Waals surface area contributed by atoms with Crippen LogP contribution in [0, 0.1) is 6.92 Å². The van der Waals surface area contributed by atoms with Crippen LogP contribution in [-0.4, -0.2) is 12.5 Å². The van der Waals surface area contributed by atoms with Gasteiger partial charge < -0.3 is 5.32 Å². The van der Waals surface area contributed by atoms with Crippen molar-refractivity contribution < 1.29 is 4.79 Å². The molecule has 1 aromatic rings. The van der Waals surface area contributed by atoms with E-state index in [0.717, 1.165) is 17.8 Å². The third-order valence-corrected chi connectivity index (χ3v) is 2.82. The van der Waals surface area contributed by atoms with Crippen molar-refractivity contribution >= 4 is 23.3 Å². The summed E-state index contributed by atoms with van der Waals surface area (Å²) in [4.78, 5) is 12.4. The molecule has 1 amide bonds. The van der Waals surface area contributed by atoms with Gasteiger partial charge in [0.25, 0.3) is 0 Å². The van der Waals surface area contributed by atoms with E-state index in [9.17, 15) is 4.79 Å². The average Bonchev–Trinajstić information content (AvgIpc) is 2.58. The fourth-order valence-corrected chi connectivity index (χ4v) is 1.83. The summed E-state index contributed by atoms with van der Waals surface area (Å²) in [7, 11) is 0. The molecular formula is C11H15NOS. The van der Waals surface area contributed by atoms with E-state index in [1.165, 1.54) is 5.56 Å². The van der Waals surface area contributed by atoms with Crippen LogP contribution < -0.4 is 5.32 Å². The highest BCUT2D eigenvalue weighted by molar-refractivity contribution is 7.11. The van der Waals surface area contributed by atoms with E-state index in [4.69, 9.17) is 0 Å². The zero-order valence-electron chi connectivity index (χ0n) is 8.54. The molecule has 76 valence electrons. The number of thiophene rings is 1. The molecule has 0 aliphatic carbocycles. The number of amides is 1. The molecule has 3 heteroatoms. The van der Waals surface area contributed by atoms with Crippen molar-refractivity contribution in [2.24, 2.45) is 0 Å². The van der Waals surface area contributed by atoms with Gasteiger partial charge in [-0.25, -0.2) is 0 Å². The largest absolute Gasteiger partial charge is 0.353 e. The summed E-state index contributed by atoms with van der Waals surface area (Å²) in [5.41, 5.74) is 1.22. The summed E-state index contributed by atoms with van der Waals surface area (Å²) < 4.78 is 0. The number of carbonyl (C=O) groups excluding carboxylic acids is 1. The Labute approximate surface area is 88.6 Å². The molecule has 0 atom stereocenters. The van der Waals surface area contributed by atoms with E-state index in [2.05, 4.69) is 5.32 Å². The van der Waals surface area contributed by atoms with Crippen LogP contribution in [0.5, 0.6) is 0 Å². The summed E-state index contributed by atoms with van der Waals surface area (Å²) in [5.74, 6) is -0.0142. The molecule has 0 fully saturated rings. The van der Waals surface area contributed by atoms with E-state index < -0.39 is 0 Å². The molecule has 0 aromatic carbocycles. The third-order valence-electron chi connectivity index (χ3n) is 1.84. The van der Waals surface area contributed by atoms with E-state index in [1.807, 2.05) is 31.4 Å². The van der Waals surface area contributed by atoms with Gasteiger partial charge in [-0.3, -0.25) is 4.79 Å². The van der Waals surface area contributed by atoms with Crippen LogP contribution in [0.25, 0.3) is 6.08 Å². The fourth-order valence-electron chi connectivity index (χ4n) is 1.01. The van der Waals surface area contributed by atoms with E-state index in [1.54, 1.807) is 17.4 Å². The highest BCUT2D eigenvalue weighted by atomic mass is 32.1. The molecule has 1 N–H and O–H groups in total. The van der Waals surface area contributed by atoms with E-state index in [0.29, 0.717) is 0 Å². The summed E-state index contributed by atoms with van der Waals surface area (Å²) in [6, 6.07) is 2.05. The zero-order valence-corrected chi connectivity index (χ0v) is 9.36. The SMILES string of the molecule is CCCNC(=O)C=Cc1sccc1C. The van der Waals surface area contributed by atoms with Gasteiger partial charge in [0.15, 0.2) is 0 Å². The van der Waals surface area contributed by atoms with Gasteiger partial charge in [-0.15, -0.1) is 11.3 Å². The predicted molar refractivity (Wildman–Crippen MR) is 61.4 cm³/mol. The van der Waals surface area contributed by atoms with Crippen LogP contribution in [0.15, 0.2) is 17.5 Å². The standard InChI is InChI=1S/C11H15NOS/c1-3-7-12-11(13)5-4-10-9(2)6-8-14-10/h4-6,8H,3,7H2,1-2H3,(H,12,13). The van der Waals surface area contributed by atoms with E-state index >= 15 is 0 Å². The summed E-state index contributed by atoms with van der Waals surface area (Å²) in [5, 5.41) is 4.82. The van der Waals surface area contributed by atoms with Crippen molar-refractivity contribution in [1.82, 2.24) is 5.32 Å². The lowest BCUT2D eigenvalue weighted by molar-refractivity contribution is -0.116. The molecule has 0 saturated heterocycles. The number of hydrogen-bond acceptors (Lipinski definition) is 2.